The molecule has 2 heterocycles. The van der Waals surface area contributed by atoms with Crippen molar-refractivity contribution in [2.24, 2.45) is 0 Å². The Bertz CT molecular complexity index is 1100. The number of aromatic carboxylic acids is 1. The van der Waals surface area contributed by atoms with Crippen molar-refractivity contribution in [1.82, 2.24) is 4.98 Å². The van der Waals surface area contributed by atoms with Gasteiger partial charge in [0.05, 0.1) is 10.5 Å². The molecule has 0 saturated carbocycles. The molecule has 0 unspecified atom stereocenters. The lowest BCUT2D eigenvalue weighted by Crippen LogP contribution is -2.40. The highest BCUT2D eigenvalue weighted by Gasteiger charge is 2.36. The minimum Gasteiger partial charge on any atom is -0.478 e. The van der Waals surface area contributed by atoms with E-state index in [2.05, 4.69) is 4.98 Å². The second-order valence-electron chi connectivity index (χ2n) is 6.98. The molecule has 29 heavy (non-hydrogen) atoms. The standard InChI is InChI=1S/C21H16Cl2F2N2O2/c22-13-10-14-16(12-4-2-1-3-5-12)17(20(28)29)19(26-18(14)15(23)11-13)27-8-6-21(24,25)7-9-27/h1-5,10-11H,6-9H2,(H,28,29). The molecule has 1 aliphatic rings. The van der Waals surface area contributed by atoms with Crippen molar-refractivity contribution in [3.05, 3.63) is 58.1 Å². The Morgan fingerprint density at radius 2 is 1.76 bits per heavy atom. The smallest absolute Gasteiger partial charge is 0.340 e. The second-order valence-corrected chi connectivity index (χ2v) is 7.83. The first kappa shape index (κ1) is 19.9. The number of carboxylic acids is 1. The number of carboxylic acid groups (broad SMARTS) is 1. The topological polar surface area (TPSA) is 53.4 Å². The van der Waals surface area contributed by atoms with Gasteiger partial charge in [0.1, 0.15) is 11.4 Å². The Morgan fingerprint density at radius 3 is 2.38 bits per heavy atom. The quantitative estimate of drug-likeness (QED) is 0.535. The van der Waals surface area contributed by atoms with Gasteiger partial charge in [0, 0.05) is 41.9 Å². The first-order chi connectivity index (χ1) is 13.8. The molecule has 1 aromatic heterocycles. The van der Waals surface area contributed by atoms with Gasteiger partial charge in [0.25, 0.3) is 5.92 Å². The molecule has 1 fully saturated rings. The van der Waals surface area contributed by atoms with Crippen LogP contribution in [0.5, 0.6) is 0 Å². The molecular weight excluding hydrogens is 421 g/mol. The summed E-state index contributed by atoms with van der Waals surface area (Å²) in [7, 11) is 0. The first-order valence-corrected chi connectivity index (χ1v) is 9.77. The highest BCUT2D eigenvalue weighted by Crippen LogP contribution is 2.41. The molecule has 0 atom stereocenters. The Labute approximate surface area is 175 Å². The van der Waals surface area contributed by atoms with Gasteiger partial charge in [-0.1, -0.05) is 53.5 Å². The van der Waals surface area contributed by atoms with Crippen molar-refractivity contribution in [2.75, 3.05) is 18.0 Å². The molecule has 1 saturated heterocycles. The van der Waals surface area contributed by atoms with Crippen LogP contribution in [-0.2, 0) is 0 Å². The van der Waals surface area contributed by atoms with Gasteiger partial charge in [-0.2, -0.15) is 0 Å². The highest BCUT2D eigenvalue weighted by molar-refractivity contribution is 6.39. The molecule has 2 aromatic carbocycles. The lowest BCUT2D eigenvalue weighted by molar-refractivity contribution is -0.0221. The van der Waals surface area contributed by atoms with Gasteiger partial charge < -0.3 is 10.0 Å². The number of alkyl halides is 2. The van der Waals surface area contributed by atoms with E-state index in [1.165, 1.54) is 6.07 Å². The van der Waals surface area contributed by atoms with Gasteiger partial charge in [0.2, 0.25) is 0 Å². The maximum absolute atomic E-state index is 13.7. The van der Waals surface area contributed by atoms with Crippen LogP contribution in [-0.4, -0.2) is 35.1 Å². The van der Waals surface area contributed by atoms with Crippen molar-refractivity contribution in [3.8, 4) is 11.1 Å². The Kier molecular flexibility index (Phi) is 5.09. The molecule has 0 aliphatic carbocycles. The molecule has 0 bridgehead atoms. The third-order valence-corrected chi connectivity index (χ3v) is 5.57. The number of benzene rings is 2. The van der Waals surface area contributed by atoms with E-state index in [0.717, 1.165) is 0 Å². The van der Waals surface area contributed by atoms with E-state index in [4.69, 9.17) is 23.2 Å². The van der Waals surface area contributed by atoms with Crippen molar-refractivity contribution in [3.63, 3.8) is 0 Å². The van der Waals surface area contributed by atoms with Gasteiger partial charge in [-0.15, -0.1) is 0 Å². The monoisotopic (exact) mass is 436 g/mol. The van der Waals surface area contributed by atoms with E-state index in [1.807, 2.05) is 6.07 Å². The minimum absolute atomic E-state index is 0.00518. The number of halogens is 4. The molecule has 0 spiro atoms. The number of hydrogen-bond acceptors (Lipinski definition) is 3. The van der Waals surface area contributed by atoms with E-state index in [9.17, 15) is 18.7 Å². The van der Waals surface area contributed by atoms with Gasteiger partial charge in [-0.25, -0.2) is 18.6 Å². The maximum atomic E-state index is 13.7. The molecule has 1 N–H and O–H groups in total. The molecule has 4 rings (SSSR count). The minimum atomic E-state index is -2.76. The van der Waals surface area contributed by atoms with Gasteiger partial charge in [-0.3, -0.25) is 0 Å². The van der Waals surface area contributed by atoms with Crippen LogP contribution < -0.4 is 4.90 Å². The number of anilines is 1. The third-order valence-electron chi connectivity index (χ3n) is 5.06. The number of nitrogens with zero attached hydrogens (tertiary/aromatic N) is 2. The average molecular weight is 437 g/mol. The van der Waals surface area contributed by atoms with Crippen molar-refractivity contribution in [1.29, 1.82) is 0 Å². The van der Waals surface area contributed by atoms with E-state index < -0.39 is 11.9 Å². The summed E-state index contributed by atoms with van der Waals surface area (Å²) in [6.45, 7) is 0.0104. The normalized spacial score (nSPS) is 16.2. The van der Waals surface area contributed by atoms with E-state index in [1.54, 1.807) is 35.2 Å². The molecule has 8 heteroatoms. The highest BCUT2D eigenvalue weighted by atomic mass is 35.5. The lowest BCUT2D eigenvalue weighted by Gasteiger charge is -2.34. The number of carbonyl (C=O) groups is 1. The third kappa shape index (κ3) is 3.74. The molecule has 0 amide bonds. The van der Waals surface area contributed by atoms with E-state index >= 15 is 0 Å². The summed E-state index contributed by atoms with van der Waals surface area (Å²) in [6.07, 6.45) is -0.721. The van der Waals surface area contributed by atoms with Gasteiger partial charge >= 0.3 is 5.97 Å². The predicted molar refractivity (Wildman–Crippen MR) is 111 cm³/mol. The number of fused-ring (bicyclic) bond motifs is 1. The number of rotatable bonds is 3. The summed E-state index contributed by atoms with van der Waals surface area (Å²) in [5, 5.41) is 11.2. The summed E-state index contributed by atoms with van der Waals surface area (Å²) in [5.74, 6) is -3.81. The number of piperidine rings is 1. The van der Waals surface area contributed by atoms with Crippen LogP contribution in [0.2, 0.25) is 10.0 Å². The zero-order valence-corrected chi connectivity index (χ0v) is 16.6. The summed E-state index contributed by atoms with van der Waals surface area (Å²) in [4.78, 5) is 18.4. The van der Waals surface area contributed by atoms with Crippen LogP contribution >= 0.6 is 23.2 Å². The van der Waals surface area contributed by atoms with Crippen LogP contribution in [0.15, 0.2) is 42.5 Å². The van der Waals surface area contributed by atoms with Crippen LogP contribution in [0.3, 0.4) is 0 Å². The summed E-state index contributed by atoms with van der Waals surface area (Å²) in [5.41, 5.74) is 1.40. The van der Waals surface area contributed by atoms with Crippen molar-refractivity contribution < 1.29 is 18.7 Å². The van der Waals surface area contributed by atoms with Gasteiger partial charge in [0.15, 0.2) is 0 Å². The summed E-state index contributed by atoms with van der Waals surface area (Å²) >= 11 is 12.6. The first-order valence-electron chi connectivity index (χ1n) is 9.01. The second kappa shape index (κ2) is 7.43. The SMILES string of the molecule is O=C(O)c1c(N2CCC(F)(F)CC2)nc2c(Cl)cc(Cl)cc2c1-c1ccccc1. The Morgan fingerprint density at radius 1 is 1.10 bits per heavy atom. The van der Waals surface area contributed by atoms with Gasteiger partial charge in [-0.05, 0) is 17.7 Å². The zero-order chi connectivity index (χ0) is 20.8. The summed E-state index contributed by atoms with van der Waals surface area (Å²) in [6, 6.07) is 12.1. The Hall–Kier alpha value is -2.44. The fourth-order valence-electron chi connectivity index (χ4n) is 3.66. The largest absolute Gasteiger partial charge is 0.478 e. The van der Waals surface area contributed by atoms with E-state index in [0.29, 0.717) is 27.1 Å². The van der Waals surface area contributed by atoms with E-state index in [-0.39, 0.29) is 42.3 Å². The molecule has 150 valence electrons. The number of hydrogen-bond donors (Lipinski definition) is 1. The zero-order valence-electron chi connectivity index (χ0n) is 15.1. The molecule has 0 radical (unpaired) electrons. The number of aromatic nitrogens is 1. The van der Waals surface area contributed by atoms with Crippen LogP contribution in [0.25, 0.3) is 22.0 Å². The summed E-state index contributed by atoms with van der Waals surface area (Å²) < 4.78 is 27.3. The van der Waals surface area contributed by atoms with Crippen molar-refractivity contribution >= 4 is 45.9 Å². The molecule has 1 aliphatic heterocycles. The van der Waals surface area contributed by atoms with Crippen LogP contribution in [0.1, 0.15) is 23.2 Å². The lowest BCUT2D eigenvalue weighted by atomic mass is 9.94. The number of pyridine rings is 1. The van der Waals surface area contributed by atoms with Crippen LogP contribution in [0, 0.1) is 0 Å². The Balaban J connectivity index is 2.04. The van der Waals surface area contributed by atoms with Crippen molar-refractivity contribution in [2.45, 2.75) is 18.8 Å². The average Bonchev–Trinajstić information content (AvgIpc) is 2.67. The molecule has 4 nitrogen and oxygen atoms in total. The maximum Gasteiger partial charge on any atom is 0.340 e. The molecule has 3 aromatic rings. The molecular formula is C21H16Cl2F2N2O2. The fourth-order valence-corrected chi connectivity index (χ4v) is 4.20. The predicted octanol–water partition coefficient (Wildman–Crippen LogP) is 6.14. The fraction of sp³-hybridized carbons (Fsp3) is 0.238. The van der Waals surface area contributed by atoms with Crippen LogP contribution in [0.4, 0.5) is 14.6 Å².